The van der Waals surface area contributed by atoms with Crippen molar-refractivity contribution in [2.45, 2.75) is 94.8 Å². The van der Waals surface area contributed by atoms with Crippen LogP contribution in [0.3, 0.4) is 0 Å². The number of hydrogen-bond acceptors (Lipinski definition) is 5. The zero-order chi connectivity index (χ0) is 30.5. The Balaban J connectivity index is 1.79. The molecule has 1 fully saturated rings. The minimum atomic E-state index is -6.99. The third-order valence-corrected chi connectivity index (χ3v) is 7.30. The zero-order valence-electron chi connectivity index (χ0n) is 22.2. The predicted molar refractivity (Wildman–Crippen MR) is 127 cm³/mol. The van der Waals surface area contributed by atoms with Crippen LogP contribution in [0.2, 0.25) is 5.82 Å². The summed E-state index contributed by atoms with van der Waals surface area (Å²) in [5.74, 6) is -21.0. The highest BCUT2D eigenvalue weighted by atomic mass is 19.4. The lowest BCUT2D eigenvalue weighted by Crippen LogP contribution is -2.61. The molecule has 1 aromatic heterocycles. The summed E-state index contributed by atoms with van der Waals surface area (Å²) in [5, 5.41) is 0.631. The van der Waals surface area contributed by atoms with Crippen LogP contribution in [0.15, 0.2) is 33.5 Å². The molecule has 2 heterocycles. The summed E-state index contributed by atoms with van der Waals surface area (Å²) < 4.78 is 144. The van der Waals surface area contributed by atoms with E-state index < -0.39 is 66.5 Å². The Bertz CT molecular complexity index is 1260. The van der Waals surface area contributed by atoms with Gasteiger partial charge in [0, 0.05) is 23.9 Å². The SMILES string of the molecule is Cc1cc(=O)oc2cc(OCCCC(CC(F)(F)C(F)(F)C(F)(F)C(F)(F)F)B3OC(C)(C)C(C)(C)O3)ccc12. The van der Waals surface area contributed by atoms with Gasteiger partial charge in [0.2, 0.25) is 0 Å². The molecule has 1 aliphatic heterocycles. The minimum Gasteiger partial charge on any atom is -0.493 e. The van der Waals surface area contributed by atoms with Gasteiger partial charge in [0.05, 0.1) is 17.8 Å². The van der Waals surface area contributed by atoms with Gasteiger partial charge in [-0.1, -0.05) is 0 Å². The number of alkyl halides is 9. The van der Waals surface area contributed by atoms with Crippen LogP contribution in [0.4, 0.5) is 39.5 Å². The second-order valence-corrected chi connectivity index (χ2v) is 10.8. The van der Waals surface area contributed by atoms with E-state index >= 15 is 0 Å². The van der Waals surface area contributed by atoms with Crippen molar-refractivity contribution in [3.05, 3.63) is 40.2 Å². The first-order valence-electron chi connectivity index (χ1n) is 12.3. The van der Waals surface area contributed by atoms with E-state index in [2.05, 4.69) is 0 Å². The summed E-state index contributed by atoms with van der Waals surface area (Å²) in [5.41, 5.74) is -2.00. The van der Waals surface area contributed by atoms with Gasteiger partial charge in [-0.2, -0.15) is 39.5 Å². The molecule has 0 N–H and O–H groups in total. The molecule has 224 valence electrons. The van der Waals surface area contributed by atoms with E-state index in [-0.39, 0.29) is 24.4 Å². The number of benzene rings is 1. The minimum absolute atomic E-state index is 0.123. The molecule has 1 unspecified atom stereocenters. The third kappa shape index (κ3) is 5.95. The molecule has 3 rings (SSSR count). The number of halogens is 9. The molecular weight excluding hydrogens is 562 g/mol. The molecular formula is C25H28BF9O5. The molecule has 0 radical (unpaired) electrons. The van der Waals surface area contributed by atoms with Gasteiger partial charge >= 0.3 is 36.7 Å². The molecule has 1 aliphatic rings. The molecule has 1 saturated heterocycles. The first kappa shape index (κ1) is 32.1. The van der Waals surface area contributed by atoms with Crippen LogP contribution < -0.4 is 10.4 Å². The zero-order valence-corrected chi connectivity index (χ0v) is 22.2. The Morgan fingerprint density at radius 2 is 1.48 bits per heavy atom. The lowest BCUT2D eigenvalue weighted by molar-refractivity contribution is -0.396. The topological polar surface area (TPSA) is 57.9 Å². The van der Waals surface area contributed by atoms with Gasteiger partial charge in [-0.15, -0.1) is 0 Å². The number of aryl methyl sites for hydroxylation is 1. The van der Waals surface area contributed by atoms with Gasteiger partial charge in [-0.05, 0) is 71.0 Å². The molecule has 0 saturated carbocycles. The summed E-state index contributed by atoms with van der Waals surface area (Å²) in [6.45, 7) is 7.60. The molecule has 0 bridgehead atoms. The van der Waals surface area contributed by atoms with Gasteiger partial charge in [-0.25, -0.2) is 4.79 Å². The summed E-state index contributed by atoms with van der Waals surface area (Å²) in [7, 11) is -1.61. The highest BCUT2D eigenvalue weighted by molar-refractivity contribution is 6.47. The van der Waals surface area contributed by atoms with Crippen LogP contribution in [0.25, 0.3) is 11.0 Å². The fraction of sp³-hybridized carbons (Fsp3) is 0.640. The second kappa shape index (κ2) is 10.4. The van der Waals surface area contributed by atoms with Crippen molar-refractivity contribution in [1.29, 1.82) is 0 Å². The molecule has 0 amide bonds. The van der Waals surface area contributed by atoms with E-state index in [1.165, 1.54) is 45.9 Å². The van der Waals surface area contributed by atoms with Crippen molar-refractivity contribution < 1.29 is 58.0 Å². The monoisotopic (exact) mass is 590 g/mol. The second-order valence-electron chi connectivity index (χ2n) is 10.8. The smallest absolute Gasteiger partial charge is 0.461 e. The molecule has 2 aromatic rings. The lowest BCUT2D eigenvalue weighted by atomic mass is 9.66. The average Bonchev–Trinajstić information content (AvgIpc) is 3.01. The standard InChI is InChI=1S/C25H28BF9O5/c1-14-11-19(36)38-18-12-16(8-9-17(14)18)37-10-6-7-15(26-39-20(2,3)21(4,5)40-26)13-22(27,28)23(29,30)24(31,32)25(33,34)35/h8-9,11-12,15H,6-7,10,13H2,1-5H3. The van der Waals surface area contributed by atoms with Crippen molar-refractivity contribution in [2.75, 3.05) is 6.61 Å². The first-order chi connectivity index (χ1) is 18.0. The van der Waals surface area contributed by atoms with Crippen molar-refractivity contribution in [3.63, 3.8) is 0 Å². The molecule has 1 aromatic carbocycles. The average molecular weight is 590 g/mol. The molecule has 0 spiro atoms. The predicted octanol–water partition coefficient (Wildman–Crippen LogP) is 7.58. The Morgan fingerprint density at radius 1 is 0.900 bits per heavy atom. The number of hydrogen-bond donors (Lipinski definition) is 0. The fourth-order valence-electron chi connectivity index (χ4n) is 4.21. The van der Waals surface area contributed by atoms with Crippen LogP contribution >= 0.6 is 0 Å². The van der Waals surface area contributed by atoms with Crippen molar-refractivity contribution in [3.8, 4) is 5.75 Å². The van der Waals surface area contributed by atoms with Crippen LogP contribution in [0.1, 0.15) is 52.5 Å². The number of fused-ring (bicyclic) bond motifs is 1. The first-order valence-corrected chi connectivity index (χ1v) is 12.3. The van der Waals surface area contributed by atoms with Gasteiger partial charge in [0.15, 0.2) is 0 Å². The Kier molecular flexibility index (Phi) is 8.39. The van der Waals surface area contributed by atoms with E-state index in [1.807, 2.05) is 0 Å². The highest BCUT2D eigenvalue weighted by Gasteiger charge is 2.81. The summed E-state index contributed by atoms with van der Waals surface area (Å²) in [4.78, 5) is 11.6. The molecule has 15 heteroatoms. The van der Waals surface area contributed by atoms with Crippen LogP contribution in [0, 0.1) is 6.92 Å². The van der Waals surface area contributed by atoms with Gasteiger partial charge in [-0.3, -0.25) is 0 Å². The van der Waals surface area contributed by atoms with Crippen molar-refractivity contribution in [2.24, 2.45) is 0 Å². The quantitative estimate of drug-likeness (QED) is 0.124. The molecule has 5 nitrogen and oxygen atoms in total. The van der Waals surface area contributed by atoms with Gasteiger partial charge in [0.25, 0.3) is 0 Å². The molecule has 0 aliphatic carbocycles. The third-order valence-electron chi connectivity index (χ3n) is 7.30. The van der Waals surface area contributed by atoms with Crippen molar-refractivity contribution >= 4 is 18.1 Å². The molecule has 1 atom stereocenters. The Morgan fingerprint density at radius 3 is 2.02 bits per heavy atom. The fourth-order valence-corrected chi connectivity index (χ4v) is 4.21. The summed E-state index contributed by atoms with van der Waals surface area (Å²) >= 11 is 0. The van der Waals surface area contributed by atoms with Gasteiger partial charge < -0.3 is 18.5 Å². The summed E-state index contributed by atoms with van der Waals surface area (Å²) in [6.07, 6.45) is -9.53. The lowest BCUT2D eigenvalue weighted by Gasteiger charge is -2.35. The van der Waals surface area contributed by atoms with Crippen molar-refractivity contribution in [1.82, 2.24) is 0 Å². The van der Waals surface area contributed by atoms with E-state index in [4.69, 9.17) is 18.5 Å². The van der Waals surface area contributed by atoms with E-state index in [0.717, 1.165) is 0 Å². The summed E-state index contributed by atoms with van der Waals surface area (Å²) in [6, 6.07) is 5.85. The normalized spacial score (nSPS) is 18.8. The van der Waals surface area contributed by atoms with E-state index in [1.54, 1.807) is 13.0 Å². The number of rotatable bonds is 10. The van der Waals surface area contributed by atoms with Crippen LogP contribution in [-0.4, -0.2) is 48.9 Å². The van der Waals surface area contributed by atoms with Gasteiger partial charge in [0.1, 0.15) is 11.3 Å². The highest BCUT2D eigenvalue weighted by Crippen LogP contribution is 2.56. The largest absolute Gasteiger partial charge is 0.493 e. The Labute approximate surface area is 224 Å². The van der Waals surface area contributed by atoms with E-state index in [0.29, 0.717) is 10.9 Å². The van der Waals surface area contributed by atoms with E-state index in [9.17, 15) is 44.3 Å². The van der Waals surface area contributed by atoms with Crippen LogP contribution in [-0.2, 0) is 9.31 Å². The number of ether oxygens (including phenoxy) is 1. The van der Waals surface area contributed by atoms with Crippen LogP contribution in [0.5, 0.6) is 5.75 Å². The Hall–Kier alpha value is -2.42. The maximum absolute atomic E-state index is 14.6. The maximum Gasteiger partial charge on any atom is 0.461 e. The molecule has 40 heavy (non-hydrogen) atoms. The maximum atomic E-state index is 14.6.